The van der Waals surface area contributed by atoms with Crippen molar-refractivity contribution in [3.05, 3.63) is 29.3 Å². The van der Waals surface area contributed by atoms with Crippen molar-refractivity contribution in [2.45, 2.75) is 37.6 Å². The van der Waals surface area contributed by atoms with Crippen LogP contribution in [0.1, 0.15) is 32.1 Å². The van der Waals surface area contributed by atoms with Gasteiger partial charge in [-0.15, -0.1) is 0 Å². The van der Waals surface area contributed by atoms with Crippen LogP contribution < -0.4 is 10.2 Å². The van der Waals surface area contributed by atoms with Crippen LogP contribution in [0.25, 0.3) is 0 Å². The highest BCUT2D eigenvalue weighted by molar-refractivity contribution is 6.30. The maximum Gasteiger partial charge on any atom is 0.279 e. The Bertz CT molecular complexity index is 678. The first-order valence-corrected chi connectivity index (χ1v) is 9.29. The first kappa shape index (κ1) is 20.2. The lowest BCUT2D eigenvalue weighted by molar-refractivity contribution is -0.862. The Morgan fingerprint density at radius 2 is 1.85 bits per heavy atom. The van der Waals surface area contributed by atoms with Gasteiger partial charge in [0, 0.05) is 17.8 Å². The summed E-state index contributed by atoms with van der Waals surface area (Å²) in [6, 6.07) is 9.23. The minimum absolute atomic E-state index is 0.106. The maximum absolute atomic E-state index is 12.6. The van der Waals surface area contributed by atoms with Crippen LogP contribution in [-0.2, 0) is 9.59 Å². The summed E-state index contributed by atoms with van der Waals surface area (Å²) in [7, 11) is 3.50. The van der Waals surface area contributed by atoms with Crippen molar-refractivity contribution in [3.8, 4) is 6.07 Å². The monoisotopic (exact) mass is 377 g/mol. The summed E-state index contributed by atoms with van der Waals surface area (Å²) in [5.74, 6) is -0.279. The predicted molar refractivity (Wildman–Crippen MR) is 101 cm³/mol. The number of anilines is 1. The van der Waals surface area contributed by atoms with E-state index in [9.17, 15) is 14.9 Å². The quantitative estimate of drug-likeness (QED) is 0.788. The molecule has 0 saturated heterocycles. The number of nitrogens with one attached hydrogen (secondary N) is 2. The molecule has 1 fully saturated rings. The number of nitriles is 1. The summed E-state index contributed by atoms with van der Waals surface area (Å²) in [6.45, 7) is 0.343. The van der Waals surface area contributed by atoms with Crippen LogP contribution in [-0.4, -0.2) is 49.4 Å². The van der Waals surface area contributed by atoms with Crippen LogP contribution in [0.5, 0.6) is 0 Å². The fourth-order valence-corrected chi connectivity index (χ4v) is 3.48. The molecule has 0 heterocycles. The Morgan fingerprint density at radius 3 is 2.42 bits per heavy atom. The van der Waals surface area contributed by atoms with E-state index in [4.69, 9.17) is 11.6 Å². The zero-order chi connectivity index (χ0) is 19.2. The third-order valence-electron chi connectivity index (χ3n) is 4.95. The van der Waals surface area contributed by atoms with Gasteiger partial charge < -0.3 is 15.1 Å². The summed E-state index contributed by atoms with van der Waals surface area (Å²) in [5, 5.41) is 13.0. The van der Waals surface area contributed by atoms with Gasteiger partial charge in [-0.05, 0) is 37.1 Å². The van der Waals surface area contributed by atoms with Crippen molar-refractivity contribution in [2.24, 2.45) is 0 Å². The molecule has 2 rings (SSSR count). The minimum Gasteiger partial charge on any atom is -0.322 e. The van der Waals surface area contributed by atoms with E-state index in [1.807, 2.05) is 0 Å². The molecule has 1 aromatic carbocycles. The Hall–Kier alpha value is -2.10. The molecule has 26 heavy (non-hydrogen) atoms. The predicted octanol–water partition coefficient (Wildman–Crippen LogP) is 1.48. The molecule has 1 aliphatic rings. The molecule has 1 aromatic rings. The lowest BCUT2D eigenvalue weighted by Gasteiger charge is -2.39. The van der Waals surface area contributed by atoms with Crippen molar-refractivity contribution in [1.82, 2.24) is 4.90 Å². The zero-order valence-electron chi connectivity index (χ0n) is 15.3. The van der Waals surface area contributed by atoms with Gasteiger partial charge in [0.15, 0.2) is 13.1 Å². The van der Waals surface area contributed by atoms with Crippen LogP contribution in [0.15, 0.2) is 24.3 Å². The highest BCUT2D eigenvalue weighted by Crippen LogP contribution is 2.32. The number of likely N-dealkylation sites (N-methyl/N-ethyl adjacent to an activating group) is 2. The van der Waals surface area contributed by atoms with E-state index in [2.05, 4.69) is 11.4 Å². The number of hydrogen-bond donors (Lipinski definition) is 2. The van der Waals surface area contributed by atoms with Gasteiger partial charge in [0.2, 0.25) is 0 Å². The second-order valence-electron chi connectivity index (χ2n) is 7.02. The molecule has 2 amide bonds. The largest absolute Gasteiger partial charge is 0.322 e. The van der Waals surface area contributed by atoms with Gasteiger partial charge in [0.05, 0.1) is 13.1 Å². The molecule has 0 aliphatic heterocycles. The van der Waals surface area contributed by atoms with Gasteiger partial charge >= 0.3 is 0 Å². The Kier molecular flexibility index (Phi) is 7.01. The van der Waals surface area contributed by atoms with Crippen LogP contribution in [0.2, 0.25) is 5.02 Å². The van der Waals surface area contributed by atoms with Crippen molar-refractivity contribution in [3.63, 3.8) is 0 Å². The fourth-order valence-electron chi connectivity index (χ4n) is 3.35. The van der Waals surface area contributed by atoms with Gasteiger partial charge in [-0.2, -0.15) is 5.26 Å². The molecule has 0 bridgehead atoms. The van der Waals surface area contributed by atoms with Gasteiger partial charge in [0.1, 0.15) is 5.54 Å². The molecule has 0 radical (unpaired) electrons. The third kappa shape index (κ3) is 5.20. The number of quaternary nitrogens is 1. The molecule has 1 saturated carbocycles. The molecule has 0 spiro atoms. The van der Waals surface area contributed by atoms with E-state index in [0.717, 1.165) is 37.0 Å². The number of amides is 2. The summed E-state index contributed by atoms with van der Waals surface area (Å²) in [6.07, 6.45) is 4.50. The van der Waals surface area contributed by atoms with E-state index >= 15 is 0 Å². The van der Waals surface area contributed by atoms with Gasteiger partial charge in [0.25, 0.3) is 11.8 Å². The minimum atomic E-state index is -0.693. The Morgan fingerprint density at radius 1 is 1.23 bits per heavy atom. The van der Waals surface area contributed by atoms with Crippen molar-refractivity contribution in [2.75, 3.05) is 32.5 Å². The normalized spacial score (nSPS) is 17.0. The first-order chi connectivity index (χ1) is 12.4. The van der Waals surface area contributed by atoms with E-state index < -0.39 is 5.54 Å². The van der Waals surface area contributed by atoms with Crippen molar-refractivity contribution >= 4 is 29.1 Å². The summed E-state index contributed by atoms with van der Waals surface area (Å²) in [4.78, 5) is 27.1. The van der Waals surface area contributed by atoms with Crippen LogP contribution in [0.4, 0.5) is 5.69 Å². The molecule has 1 aliphatic carbocycles. The van der Waals surface area contributed by atoms with Crippen LogP contribution >= 0.6 is 11.6 Å². The molecule has 1 atom stereocenters. The highest BCUT2D eigenvalue weighted by Gasteiger charge is 2.39. The maximum atomic E-state index is 12.6. The Balaban J connectivity index is 1.86. The number of hydrogen-bond acceptors (Lipinski definition) is 3. The number of halogens is 1. The van der Waals surface area contributed by atoms with E-state index in [-0.39, 0.29) is 24.9 Å². The van der Waals surface area contributed by atoms with Crippen LogP contribution in [0.3, 0.4) is 0 Å². The SMILES string of the molecule is CN(C(=O)C[NH+](C)CC(=O)Nc1ccc(Cl)cc1)C1(C#N)CCCCC1. The zero-order valence-corrected chi connectivity index (χ0v) is 16.1. The first-order valence-electron chi connectivity index (χ1n) is 8.91. The van der Waals surface area contributed by atoms with Gasteiger partial charge in [-0.25, -0.2) is 0 Å². The fraction of sp³-hybridized carbons (Fsp3) is 0.526. The average molecular weight is 378 g/mol. The van der Waals surface area contributed by atoms with E-state index in [1.54, 1.807) is 43.3 Å². The third-order valence-corrected chi connectivity index (χ3v) is 5.20. The summed E-state index contributed by atoms with van der Waals surface area (Å²) < 4.78 is 0. The van der Waals surface area contributed by atoms with Gasteiger partial charge in [-0.3, -0.25) is 9.59 Å². The lowest BCUT2D eigenvalue weighted by Crippen LogP contribution is -3.11. The number of rotatable bonds is 6. The highest BCUT2D eigenvalue weighted by atomic mass is 35.5. The van der Waals surface area contributed by atoms with Crippen molar-refractivity contribution < 1.29 is 14.5 Å². The summed E-state index contributed by atoms with van der Waals surface area (Å²) in [5.41, 5.74) is -0.0254. The number of carbonyl (C=O) groups excluding carboxylic acids is 2. The molecule has 7 heteroatoms. The van der Waals surface area contributed by atoms with E-state index in [0.29, 0.717) is 10.7 Å². The summed E-state index contributed by atoms with van der Waals surface area (Å²) >= 11 is 5.82. The number of benzene rings is 1. The molecule has 140 valence electrons. The number of carbonyl (C=O) groups is 2. The van der Waals surface area contributed by atoms with Gasteiger partial charge in [-0.1, -0.05) is 30.9 Å². The van der Waals surface area contributed by atoms with E-state index in [1.165, 1.54) is 0 Å². The van der Waals surface area contributed by atoms with Crippen LogP contribution in [0, 0.1) is 11.3 Å². The lowest BCUT2D eigenvalue weighted by atomic mass is 9.81. The molecule has 6 nitrogen and oxygen atoms in total. The topological polar surface area (TPSA) is 77.6 Å². The average Bonchev–Trinajstić information content (AvgIpc) is 2.63. The Labute approximate surface area is 159 Å². The standard InChI is InChI=1S/C19H25ClN4O2/c1-23(12-17(25)22-16-8-6-15(20)7-9-16)13-18(26)24(2)19(14-21)10-4-3-5-11-19/h6-9H,3-5,10-13H2,1-2H3,(H,22,25)/p+1. The molecule has 1 unspecified atom stereocenters. The molecule has 0 aromatic heterocycles. The smallest absolute Gasteiger partial charge is 0.279 e. The molecular formula is C19H26ClN4O2+. The number of nitrogens with zero attached hydrogens (tertiary/aromatic N) is 2. The van der Waals surface area contributed by atoms with Crippen molar-refractivity contribution in [1.29, 1.82) is 5.26 Å². The second kappa shape index (κ2) is 9.02. The molecular weight excluding hydrogens is 352 g/mol. The second-order valence-corrected chi connectivity index (χ2v) is 7.46. The molecule has 2 N–H and O–H groups in total.